The van der Waals surface area contributed by atoms with E-state index in [0.717, 1.165) is 6.07 Å². The topological polar surface area (TPSA) is 77.4 Å². The Hall–Kier alpha value is -3.33. The number of carbonyl (C=O) groups excluding carboxylic acids is 3. The van der Waals surface area contributed by atoms with Gasteiger partial charge in [-0.3, -0.25) is 14.2 Å². The monoisotopic (exact) mass is 580 g/mol. The minimum atomic E-state index is -0.762. The average molecular weight is 582 g/mol. The minimum Gasteiger partial charge on any atom is -0.450 e. The van der Waals surface area contributed by atoms with Crippen LogP contribution in [0.25, 0.3) is 10.9 Å². The smallest absolute Gasteiger partial charge is 0.340 e. The summed E-state index contributed by atoms with van der Waals surface area (Å²) >= 11 is 9.70. The van der Waals surface area contributed by atoms with E-state index in [1.165, 1.54) is 29.0 Å². The van der Waals surface area contributed by atoms with Crippen LogP contribution in [0.5, 0.6) is 0 Å². The van der Waals surface area contributed by atoms with Gasteiger partial charge in [0.15, 0.2) is 5.78 Å². The van der Waals surface area contributed by atoms with Gasteiger partial charge in [-0.1, -0.05) is 45.7 Å². The van der Waals surface area contributed by atoms with Crippen LogP contribution in [0.1, 0.15) is 55.0 Å². The second-order valence-electron chi connectivity index (χ2n) is 9.20. The molecule has 4 aromatic rings. The lowest BCUT2D eigenvalue weighted by molar-refractivity contribution is -0.0242. The molecular weight excluding hydrogens is 563 g/mol. The number of piperidine rings is 1. The average Bonchev–Trinajstić information content (AvgIpc) is 3.38. The molecule has 0 amide bonds. The van der Waals surface area contributed by atoms with E-state index in [0.29, 0.717) is 51.9 Å². The lowest BCUT2D eigenvalue weighted by atomic mass is 9.82. The number of fused-ring (bicyclic) bond motifs is 3. The van der Waals surface area contributed by atoms with Crippen LogP contribution in [0.3, 0.4) is 0 Å². The van der Waals surface area contributed by atoms with E-state index in [-0.39, 0.29) is 22.3 Å². The number of carbonyl (C=O) groups is 3. The molecule has 37 heavy (non-hydrogen) atoms. The molecule has 3 heterocycles. The minimum absolute atomic E-state index is 0.120. The fourth-order valence-corrected chi connectivity index (χ4v) is 6.00. The van der Waals surface area contributed by atoms with Crippen molar-refractivity contribution >= 4 is 56.1 Å². The van der Waals surface area contributed by atoms with E-state index in [4.69, 9.17) is 16.3 Å². The van der Waals surface area contributed by atoms with Crippen molar-refractivity contribution in [2.45, 2.75) is 18.4 Å². The maximum absolute atomic E-state index is 14.1. The zero-order valence-electron chi connectivity index (χ0n) is 19.3. The number of halogens is 3. The maximum Gasteiger partial charge on any atom is 0.340 e. The van der Waals surface area contributed by atoms with E-state index in [1.807, 2.05) is 6.07 Å². The molecule has 1 spiro atoms. The van der Waals surface area contributed by atoms with Gasteiger partial charge in [0.25, 0.3) is 5.91 Å². The second-order valence-corrected chi connectivity index (χ2v) is 10.5. The fourth-order valence-electron chi connectivity index (χ4n) is 5.32. The summed E-state index contributed by atoms with van der Waals surface area (Å²) in [6.07, 6.45) is 2.64. The molecular formula is C28H19BrClFN2O4. The lowest BCUT2D eigenvalue weighted by Gasteiger charge is -2.33. The summed E-state index contributed by atoms with van der Waals surface area (Å²) in [6, 6.07) is 13.8. The fraction of sp³-hybridized carbons (Fsp3) is 0.179. The van der Waals surface area contributed by atoms with Crippen LogP contribution in [0, 0.1) is 5.82 Å². The molecule has 2 aliphatic heterocycles. The first-order valence-corrected chi connectivity index (χ1v) is 12.9. The van der Waals surface area contributed by atoms with Crippen molar-refractivity contribution in [2.24, 2.45) is 0 Å². The summed E-state index contributed by atoms with van der Waals surface area (Å²) in [6.45, 7) is 1.39. The highest BCUT2D eigenvalue weighted by Crippen LogP contribution is 2.46. The molecule has 0 bridgehead atoms. The van der Waals surface area contributed by atoms with Crippen LogP contribution in [0.4, 0.5) is 4.39 Å². The molecule has 6 rings (SSSR count). The molecule has 186 valence electrons. The summed E-state index contributed by atoms with van der Waals surface area (Å²) in [5.41, 5.74) is 1.10. The van der Waals surface area contributed by atoms with Gasteiger partial charge in [-0.15, -0.1) is 0 Å². The van der Waals surface area contributed by atoms with Crippen molar-refractivity contribution in [1.29, 1.82) is 0 Å². The normalized spacial score (nSPS) is 16.1. The van der Waals surface area contributed by atoms with Gasteiger partial charge in [-0.2, -0.15) is 0 Å². The summed E-state index contributed by atoms with van der Waals surface area (Å²) in [4.78, 5) is 40.6. The van der Waals surface area contributed by atoms with E-state index < -0.39 is 29.1 Å². The Bertz CT molecular complexity index is 1640. The third-order valence-corrected chi connectivity index (χ3v) is 7.97. The van der Waals surface area contributed by atoms with Gasteiger partial charge in [-0.05, 0) is 49.5 Å². The number of nitrogens with zero attached hydrogens (tertiary/aromatic N) is 1. The van der Waals surface area contributed by atoms with Gasteiger partial charge in [0, 0.05) is 50.6 Å². The number of benzene rings is 3. The first-order valence-electron chi connectivity index (χ1n) is 11.7. The van der Waals surface area contributed by atoms with Gasteiger partial charge in [0.1, 0.15) is 11.4 Å². The molecule has 0 atom stereocenters. The van der Waals surface area contributed by atoms with Crippen molar-refractivity contribution in [3.63, 3.8) is 0 Å². The van der Waals surface area contributed by atoms with Crippen LogP contribution in [-0.2, 0) is 10.3 Å². The van der Waals surface area contributed by atoms with E-state index in [2.05, 4.69) is 21.2 Å². The Labute approximate surface area is 224 Å². The quantitative estimate of drug-likeness (QED) is 0.242. The summed E-state index contributed by atoms with van der Waals surface area (Å²) in [7, 11) is 0. The number of nitrogens with one attached hydrogen (secondary N) is 1. The zero-order chi connectivity index (χ0) is 25.9. The highest BCUT2D eigenvalue weighted by atomic mass is 79.9. The van der Waals surface area contributed by atoms with Gasteiger partial charge in [-0.25, -0.2) is 9.18 Å². The van der Waals surface area contributed by atoms with Crippen molar-refractivity contribution in [3.05, 3.63) is 104 Å². The van der Waals surface area contributed by atoms with Crippen LogP contribution in [-0.4, -0.2) is 35.3 Å². The first kappa shape index (κ1) is 24.0. The number of ether oxygens (including phenoxy) is 1. The SMILES string of the molecule is O=C1OC2(CCNCC2)c2ccc(Br)c(C(=O)c3cn(C(=O)c4cccc(F)c4)c4cc(Cl)ccc34)c21. The largest absolute Gasteiger partial charge is 0.450 e. The number of hydrogen-bond donors (Lipinski definition) is 1. The molecule has 0 saturated carbocycles. The molecule has 1 N–H and O–H groups in total. The van der Waals surface area contributed by atoms with Crippen LogP contribution >= 0.6 is 27.5 Å². The molecule has 0 aliphatic carbocycles. The predicted octanol–water partition coefficient (Wildman–Crippen LogP) is 5.86. The maximum atomic E-state index is 14.1. The number of hydrogen-bond acceptors (Lipinski definition) is 5. The lowest BCUT2D eigenvalue weighted by Crippen LogP contribution is -2.40. The molecule has 2 aliphatic rings. The molecule has 9 heteroatoms. The first-order chi connectivity index (χ1) is 17.8. The summed E-state index contributed by atoms with van der Waals surface area (Å²) < 4.78 is 21.5. The Balaban J connectivity index is 1.53. The number of aromatic nitrogens is 1. The Morgan fingerprint density at radius 2 is 1.86 bits per heavy atom. The molecule has 6 nitrogen and oxygen atoms in total. The number of rotatable bonds is 3. The summed E-state index contributed by atoms with van der Waals surface area (Å²) in [5, 5.41) is 4.12. The van der Waals surface area contributed by atoms with E-state index >= 15 is 0 Å². The van der Waals surface area contributed by atoms with Crippen molar-refractivity contribution < 1.29 is 23.5 Å². The Morgan fingerprint density at radius 3 is 2.62 bits per heavy atom. The van der Waals surface area contributed by atoms with Crippen molar-refractivity contribution in [3.8, 4) is 0 Å². The highest BCUT2D eigenvalue weighted by molar-refractivity contribution is 9.10. The molecule has 3 aromatic carbocycles. The zero-order valence-corrected chi connectivity index (χ0v) is 21.7. The van der Waals surface area contributed by atoms with Crippen LogP contribution < -0.4 is 5.32 Å². The Morgan fingerprint density at radius 1 is 1.08 bits per heavy atom. The van der Waals surface area contributed by atoms with Gasteiger partial charge >= 0.3 is 5.97 Å². The van der Waals surface area contributed by atoms with Crippen LogP contribution in [0.15, 0.2) is 65.3 Å². The van der Waals surface area contributed by atoms with Gasteiger partial charge < -0.3 is 10.1 Å². The molecule has 1 fully saturated rings. The number of esters is 1. The molecule has 0 radical (unpaired) electrons. The van der Waals surface area contributed by atoms with Crippen molar-refractivity contribution in [2.75, 3.05) is 13.1 Å². The molecule has 1 aromatic heterocycles. The number of ketones is 1. The Kier molecular flexibility index (Phi) is 5.78. The van der Waals surface area contributed by atoms with E-state index in [9.17, 15) is 18.8 Å². The van der Waals surface area contributed by atoms with E-state index in [1.54, 1.807) is 24.3 Å². The van der Waals surface area contributed by atoms with Crippen LogP contribution in [0.2, 0.25) is 5.02 Å². The third-order valence-electron chi connectivity index (χ3n) is 7.08. The highest BCUT2D eigenvalue weighted by Gasteiger charge is 2.48. The molecule has 0 unspecified atom stereocenters. The second kappa shape index (κ2) is 8.90. The van der Waals surface area contributed by atoms with Crippen molar-refractivity contribution in [1.82, 2.24) is 9.88 Å². The standard InChI is InChI=1S/C28H19BrClFN2O4/c29-21-7-6-20-23(27(36)37-28(20)8-10-32-11-9-28)24(21)25(34)19-14-33(22-13-16(30)4-5-18(19)22)26(35)15-2-1-3-17(31)12-15/h1-7,12-14,32H,8-11H2. The van der Waals surface area contributed by atoms with Gasteiger partial charge in [0.05, 0.1) is 16.6 Å². The third kappa shape index (κ3) is 3.82. The van der Waals surface area contributed by atoms with Gasteiger partial charge in [0.2, 0.25) is 0 Å². The molecule has 1 saturated heterocycles. The summed E-state index contributed by atoms with van der Waals surface area (Å²) in [5.74, 6) is -2.05. The predicted molar refractivity (Wildman–Crippen MR) is 140 cm³/mol.